The molecule has 2 nitrogen and oxygen atoms in total. The number of methoxy groups -OCH3 is 1. The minimum atomic E-state index is -0.307. The van der Waals surface area contributed by atoms with Gasteiger partial charge in [-0.2, -0.15) is 0 Å². The monoisotopic (exact) mass is 285 g/mol. The van der Waals surface area contributed by atoms with E-state index in [0.717, 1.165) is 18.4 Å². The number of rotatable bonds is 3. The molecule has 1 unspecified atom stereocenters. The van der Waals surface area contributed by atoms with E-state index in [-0.39, 0.29) is 5.82 Å². The molecule has 0 bridgehead atoms. The van der Waals surface area contributed by atoms with Crippen molar-refractivity contribution in [2.24, 2.45) is 0 Å². The first-order valence-corrected chi connectivity index (χ1v) is 7.34. The van der Waals surface area contributed by atoms with Crippen molar-refractivity contribution in [3.8, 4) is 5.75 Å². The lowest BCUT2D eigenvalue weighted by Crippen LogP contribution is -2.24. The van der Waals surface area contributed by atoms with E-state index < -0.39 is 0 Å². The summed E-state index contributed by atoms with van der Waals surface area (Å²) in [4.78, 5) is 0. The second-order valence-electron chi connectivity index (χ2n) is 5.49. The third kappa shape index (κ3) is 2.54. The lowest BCUT2D eigenvalue weighted by Gasteiger charge is -2.32. The summed E-state index contributed by atoms with van der Waals surface area (Å²) in [5, 5.41) is 3.38. The van der Waals surface area contributed by atoms with Crippen molar-refractivity contribution in [2.45, 2.75) is 24.8 Å². The molecule has 3 rings (SSSR count). The van der Waals surface area contributed by atoms with Crippen molar-refractivity contribution < 1.29 is 9.13 Å². The third-order valence-corrected chi connectivity index (χ3v) is 4.42. The Kier molecular flexibility index (Phi) is 3.93. The van der Waals surface area contributed by atoms with Gasteiger partial charge in [0.25, 0.3) is 0 Å². The highest BCUT2D eigenvalue weighted by atomic mass is 19.1. The predicted octanol–water partition coefficient (Wildman–Crippen LogP) is 4.02. The standard InChI is InChI=1S/C18H20FNO/c1-20-17-10-8-13(14-5-3-4-6-15(14)17)12-7-9-16(19)18(11-12)21-2/h3-7,9,11,13,17,20H,8,10H2,1-2H3/t13?,17-/m1/s1. The first kappa shape index (κ1) is 14.1. The molecule has 0 aliphatic heterocycles. The molecule has 0 saturated carbocycles. The topological polar surface area (TPSA) is 21.3 Å². The van der Waals surface area contributed by atoms with Crippen LogP contribution in [0.1, 0.15) is 41.5 Å². The van der Waals surface area contributed by atoms with Gasteiger partial charge in [-0.15, -0.1) is 0 Å². The fourth-order valence-corrected chi connectivity index (χ4v) is 3.33. The van der Waals surface area contributed by atoms with Crippen molar-refractivity contribution in [1.29, 1.82) is 0 Å². The minimum absolute atomic E-state index is 0.306. The average Bonchev–Trinajstić information content (AvgIpc) is 2.54. The molecule has 0 saturated heterocycles. The van der Waals surface area contributed by atoms with E-state index in [0.29, 0.717) is 17.7 Å². The molecule has 1 aliphatic carbocycles. The molecule has 0 radical (unpaired) electrons. The molecular weight excluding hydrogens is 265 g/mol. The van der Waals surface area contributed by atoms with Crippen LogP contribution in [-0.4, -0.2) is 14.2 Å². The SMILES string of the molecule is CN[C@@H]1CCC(c2ccc(F)c(OC)c2)c2ccccc21. The van der Waals surface area contributed by atoms with Crippen LogP contribution in [0.3, 0.4) is 0 Å². The lowest BCUT2D eigenvalue weighted by atomic mass is 9.77. The van der Waals surface area contributed by atoms with Gasteiger partial charge in [-0.3, -0.25) is 0 Å². The summed E-state index contributed by atoms with van der Waals surface area (Å²) < 4.78 is 18.7. The van der Waals surface area contributed by atoms with Gasteiger partial charge in [0.05, 0.1) is 7.11 Å². The van der Waals surface area contributed by atoms with E-state index in [2.05, 4.69) is 29.6 Å². The van der Waals surface area contributed by atoms with Gasteiger partial charge in [-0.05, 0) is 48.7 Å². The first-order chi connectivity index (χ1) is 10.2. The van der Waals surface area contributed by atoms with Crippen molar-refractivity contribution in [3.63, 3.8) is 0 Å². The fourth-order valence-electron chi connectivity index (χ4n) is 3.33. The van der Waals surface area contributed by atoms with Crippen LogP contribution in [0.25, 0.3) is 0 Å². The molecule has 2 atom stereocenters. The van der Waals surface area contributed by atoms with Gasteiger partial charge in [-0.1, -0.05) is 30.3 Å². The number of halogens is 1. The first-order valence-electron chi connectivity index (χ1n) is 7.34. The summed E-state index contributed by atoms with van der Waals surface area (Å²) in [6.07, 6.45) is 2.13. The van der Waals surface area contributed by atoms with Crippen molar-refractivity contribution >= 4 is 0 Å². The smallest absolute Gasteiger partial charge is 0.165 e. The quantitative estimate of drug-likeness (QED) is 0.919. The minimum Gasteiger partial charge on any atom is -0.494 e. The molecule has 0 fully saturated rings. The second-order valence-corrected chi connectivity index (χ2v) is 5.49. The van der Waals surface area contributed by atoms with Crippen molar-refractivity contribution in [2.75, 3.05) is 14.2 Å². The van der Waals surface area contributed by atoms with Crippen LogP contribution < -0.4 is 10.1 Å². The average molecular weight is 285 g/mol. The van der Waals surface area contributed by atoms with Gasteiger partial charge in [0, 0.05) is 12.0 Å². The molecule has 3 heteroatoms. The number of ether oxygens (including phenoxy) is 1. The number of fused-ring (bicyclic) bond motifs is 1. The van der Waals surface area contributed by atoms with Gasteiger partial charge in [0.2, 0.25) is 0 Å². The summed E-state index contributed by atoms with van der Waals surface area (Å²) in [6.45, 7) is 0. The second kappa shape index (κ2) is 5.86. The highest BCUT2D eigenvalue weighted by Crippen LogP contribution is 2.41. The summed E-state index contributed by atoms with van der Waals surface area (Å²) in [5.74, 6) is 0.319. The number of benzene rings is 2. The van der Waals surface area contributed by atoms with Gasteiger partial charge in [0.15, 0.2) is 11.6 Å². The molecule has 21 heavy (non-hydrogen) atoms. The fraction of sp³-hybridized carbons (Fsp3) is 0.333. The maximum Gasteiger partial charge on any atom is 0.165 e. The van der Waals surface area contributed by atoms with Gasteiger partial charge in [0.1, 0.15) is 0 Å². The van der Waals surface area contributed by atoms with E-state index in [1.165, 1.54) is 24.3 Å². The van der Waals surface area contributed by atoms with Gasteiger partial charge >= 0.3 is 0 Å². The zero-order valence-electron chi connectivity index (χ0n) is 12.4. The maximum absolute atomic E-state index is 13.6. The maximum atomic E-state index is 13.6. The number of nitrogens with one attached hydrogen (secondary N) is 1. The third-order valence-electron chi connectivity index (χ3n) is 4.42. The van der Waals surface area contributed by atoms with Crippen LogP contribution in [0.4, 0.5) is 4.39 Å². The Hall–Kier alpha value is -1.87. The molecule has 0 spiro atoms. The highest BCUT2D eigenvalue weighted by molar-refractivity contribution is 5.44. The molecule has 2 aromatic carbocycles. The summed E-state index contributed by atoms with van der Waals surface area (Å²) in [7, 11) is 3.51. The normalized spacial score (nSPS) is 20.9. The Morgan fingerprint density at radius 3 is 2.57 bits per heavy atom. The van der Waals surface area contributed by atoms with Crippen molar-refractivity contribution in [1.82, 2.24) is 5.32 Å². The highest BCUT2D eigenvalue weighted by Gasteiger charge is 2.27. The van der Waals surface area contributed by atoms with E-state index in [9.17, 15) is 4.39 Å². The van der Waals surface area contributed by atoms with Crippen LogP contribution in [0.5, 0.6) is 5.75 Å². The van der Waals surface area contributed by atoms with E-state index in [1.807, 2.05) is 19.2 Å². The molecule has 2 aromatic rings. The van der Waals surface area contributed by atoms with Gasteiger partial charge in [-0.25, -0.2) is 4.39 Å². The molecular formula is C18H20FNO. The Balaban J connectivity index is 2.04. The van der Waals surface area contributed by atoms with Gasteiger partial charge < -0.3 is 10.1 Å². The summed E-state index contributed by atoms with van der Waals surface area (Å²) in [5.41, 5.74) is 3.80. The van der Waals surface area contributed by atoms with Crippen LogP contribution in [0, 0.1) is 5.82 Å². The molecule has 0 aromatic heterocycles. The molecule has 0 amide bonds. The zero-order chi connectivity index (χ0) is 14.8. The van der Waals surface area contributed by atoms with E-state index in [1.54, 1.807) is 0 Å². The zero-order valence-corrected chi connectivity index (χ0v) is 12.4. The van der Waals surface area contributed by atoms with E-state index >= 15 is 0 Å². The lowest BCUT2D eigenvalue weighted by molar-refractivity contribution is 0.385. The molecule has 110 valence electrons. The Morgan fingerprint density at radius 1 is 1.10 bits per heavy atom. The van der Waals surface area contributed by atoms with Crippen LogP contribution in [0.15, 0.2) is 42.5 Å². The van der Waals surface area contributed by atoms with Crippen LogP contribution in [0.2, 0.25) is 0 Å². The van der Waals surface area contributed by atoms with Crippen LogP contribution in [-0.2, 0) is 0 Å². The number of hydrogen-bond donors (Lipinski definition) is 1. The molecule has 1 N–H and O–H groups in total. The molecule has 1 aliphatic rings. The summed E-state index contributed by atoms with van der Waals surface area (Å²) in [6, 6.07) is 14.1. The Bertz CT molecular complexity index is 641. The van der Waals surface area contributed by atoms with E-state index in [4.69, 9.17) is 4.74 Å². The molecule has 0 heterocycles. The number of hydrogen-bond acceptors (Lipinski definition) is 2. The predicted molar refractivity (Wildman–Crippen MR) is 82.3 cm³/mol. The summed E-state index contributed by atoms with van der Waals surface area (Å²) >= 11 is 0. The Labute approximate surface area is 125 Å². The Morgan fingerprint density at radius 2 is 1.86 bits per heavy atom. The van der Waals surface area contributed by atoms with Crippen LogP contribution >= 0.6 is 0 Å². The largest absolute Gasteiger partial charge is 0.494 e. The van der Waals surface area contributed by atoms with Crippen molar-refractivity contribution in [3.05, 3.63) is 65.0 Å².